The minimum atomic E-state index is -0.317. The molecule has 0 spiro atoms. The van der Waals surface area contributed by atoms with E-state index in [-0.39, 0.29) is 17.4 Å². The fraction of sp³-hybridized carbons (Fsp3) is 0.211. The fourth-order valence-corrected chi connectivity index (χ4v) is 2.93. The van der Waals surface area contributed by atoms with Gasteiger partial charge in [0.25, 0.3) is 5.56 Å². The second-order valence-corrected chi connectivity index (χ2v) is 6.39. The summed E-state index contributed by atoms with van der Waals surface area (Å²) in [6, 6.07) is 12.3. The van der Waals surface area contributed by atoms with E-state index in [0.717, 1.165) is 5.56 Å². The fourth-order valence-electron chi connectivity index (χ4n) is 2.81. The van der Waals surface area contributed by atoms with E-state index >= 15 is 0 Å². The number of H-pyrrole nitrogens is 1. The second-order valence-electron chi connectivity index (χ2n) is 5.95. The summed E-state index contributed by atoms with van der Waals surface area (Å²) >= 11 is 5.95. The number of aromatic amines is 1. The molecule has 0 fully saturated rings. The van der Waals surface area contributed by atoms with E-state index in [4.69, 9.17) is 11.6 Å². The lowest BCUT2D eigenvalue weighted by Crippen LogP contribution is -2.24. The molecule has 3 rings (SSSR count). The molecule has 7 heteroatoms. The third-order valence-corrected chi connectivity index (χ3v) is 4.43. The van der Waals surface area contributed by atoms with Gasteiger partial charge in [0.1, 0.15) is 0 Å². The van der Waals surface area contributed by atoms with Crippen molar-refractivity contribution in [1.82, 2.24) is 15.3 Å². The highest BCUT2D eigenvalue weighted by molar-refractivity contribution is 6.30. The van der Waals surface area contributed by atoms with Gasteiger partial charge in [-0.3, -0.25) is 9.59 Å². The molecule has 1 heterocycles. The summed E-state index contributed by atoms with van der Waals surface area (Å²) in [5.41, 5.74) is 1.83. The van der Waals surface area contributed by atoms with Crippen molar-refractivity contribution in [2.45, 2.75) is 12.3 Å². The number of aromatic nitrogens is 2. The number of carbonyl (C=O) groups excluding carboxylic acids is 1. The summed E-state index contributed by atoms with van der Waals surface area (Å²) in [5, 5.41) is 7.11. The maximum Gasteiger partial charge on any atom is 0.258 e. The number of hydrogen-bond donors (Lipinski definition) is 3. The summed E-state index contributed by atoms with van der Waals surface area (Å²) < 4.78 is 0. The maximum atomic E-state index is 12.8. The molecule has 26 heavy (non-hydrogen) atoms. The number of fused-ring (bicyclic) bond motifs is 1. The van der Waals surface area contributed by atoms with Gasteiger partial charge in [0, 0.05) is 10.7 Å². The summed E-state index contributed by atoms with van der Waals surface area (Å²) in [6.45, 7) is 0.704. The molecule has 134 valence electrons. The SMILES string of the molecule is CNCCC(C(=O)Nc1ccc2c(=O)[nH]cnc2c1)c1ccc(Cl)cc1. The largest absolute Gasteiger partial charge is 0.325 e. The highest BCUT2D eigenvalue weighted by atomic mass is 35.5. The molecular weight excluding hydrogens is 352 g/mol. The van der Waals surface area contributed by atoms with E-state index in [2.05, 4.69) is 20.6 Å². The van der Waals surface area contributed by atoms with Gasteiger partial charge in [-0.2, -0.15) is 0 Å². The van der Waals surface area contributed by atoms with Crippen LogP contribution >= 0.6 is 11.6 Å². The molecule has 0 saturated heterocycles. The molecule has 1 atom stereocenters. The van der Waals surface area contributed by atoms with Gasteiger partial charge in [-0.25, -0.2) is 4.98 Å². The molecule has 6 nitrogen and oxygen atoms in total. The van der Waals surface area contributed by atoms with Crippen molar-refractivity contribution in [1.29, 1.82) is 0 Å². The predicted molar refractivity (Wildman–Crippen MR) is 104 cm³/mol. The monoisotopic (exact) mass is 370 g/mol. The normalized spacial score (nSPS) is 12.1. The van der Waals surface area contributed by atoms with Gasteiger partial charge in [0.15, 0.2) is 0 Å². The number of benzene rings is 2. The van der Waals surface area contributed by atoms with Crippen molar-refractivity contribution in [2.24, 2.45) is 0 Å². The van der Waals surface area contributed by atoms with Crippen LogP contribution in [-0.4, -0.2) is 29.5 Å². The number of anilines is 1. The standard InChI is InChI=1S/C19H19ClN4O2/c1-21-9-8-15(12-2-4-13(20)5-3-12)19(26)24-14-6-7-16-17(10-14)22-11-23-18(16)25/h2-7,10-11,15,21H,8-9H2,1H3,(H,24,26)(H,22,23,25). The minimum Gasteiger partial charge on any atom is -0.325 e. The Morgan fingerprint density at radius 1 is 1.23 bits per heavy atom. The number of rotatable bonds is 6. The lowest BCUT2D eigenvalue weighted by atomic mass is 9.94. The Labute approximate surface area is 155 Å². The molecule has 1 amide bonds. The number of hydrogen-bond acceptors (Lipinski definition) is 4. The van der Waals surface area contributed by atoms with Gasteiger partial charge >= 0.3 is 0 Å². The van der Waals surface area contributed by atoms with Crippen LogP contribution in [-0.2, 0) is 4.79 Å². The minimum absolute atomic E-state index is 0.119. The van der Waals surface area contributed by atoms with Crippen LogP contribution in [0.4, 0.5) is 5.69 Å². The Kier molecular flexibility index (Phi) is 5.65. The first-order chi connectivity index (χ1) is 12.6. The highest BCUT2D eigenvalue weighted by Crippen LogP contribution is 2.24. The van der Waals surface area contributed by atoms with E-state index < -0.39 is 0 Å². The first-order valence-electron chi connectivity index (χ1n) is 8.27. The molecular formula is C19H19ClN4O2. The topological polar surface area (TPSA) is 86.9 Å². The van der Waals surface area contributed by atoms with Gasteiger partial charge in [-0.05, 0) is 55.9 Å². The van der Waals surface area contributed by atoms with Crippen LogP contribution in [0.25, 0.3) is 10.9 Å². The molecule has 2 aromatic carbocycles. The quantitative estimate of drug-likeness (QED) is 0.622. The third kappa shape index (κ3) is 4.09. The molecule has 0 radical (unpaired) electrons. The number of nitrogens with one attached hydrogen (secondary N) is 3. The molecule has 3 N–H and O–H groups in total. The number of carbonyl (C=O) groups is 1. The molecule has 0 aliphatic heterocycles. The van der Waals surface area contributed by atoms with Crippen LogP contribution in [0.2, 0.25) is 5.02 Å². The molecule has 1 unspecified atom stereocenters. The Morgan fingerprint density at radius 3 is 2.73 bits per heavy atom. The molecule has 1 aromatic heterocycles. The van der Waals surface area contributed by atoms with Gasteiger partial charge in [-0.1, -0.05) is 23.7 Å². The van der Waals surface area contributed by atoms with Crippen molar-refractivity contribution in [3.8, 4) is 0 Å². The van der Waals surface area contributed by atoms with Gasteiger partial charge in [-0.15, -0.1) is 0 Å². The van der Waals surface area contributed by atoms with E-state index in [0.29, 0.717) is 34.6 Å². The number of halogens is 1. The van der Waals surface area contributed by atoms with Crippen LogP contribution in [0.15, 0.2) is 53.6 Å². The van der Waals surface area contributed by atoms with Gasteiger partial charge < -0.3 is 15.6 Å². The van der Waals surface area contributed by atoms with Crippen molar-refractivity contribution >= 4 is 34.1 Å². The zero-order valence-corrected chi connectivity index (χ0v) is 15.0. The predicted octanol–water partition coefficient (Wildman–Crippen LogP) is 2.91. The summed E-state index contributed by atoms with van der Waals surface area (Å²) in [5.74, 6) is -0.436. The summed E-state index contributed by atoms with van der Waals surface area (Å²) in [7, 11) is 1.85. The number of amides is 1. The van der Waals surface area contributed by atoms with Gasteiger partial charge in [0.2, 0.25) is 5.91 Å². The van der Waals surface area contributed by atoms with Crippen molar-refractivity contribution < 1.29 is 4.79 Å². The summed E-state index contributed by atoms with van der Waals surface area (Å²) in [6.07, 6.45) is 2.00. The van der Waals surface area contributed by atoms with Crippen molar-refractivity contribution in [3.63, 3.8) is 0 Å². The molecule has 3 aromatic rings. The van der Waals surface area contributed by atoms with Gasteiger partial charge in [0.05, 0.1) is 23.1 Å². The Hall–Kier alpha value is -2.70. The maximum absolute atomic E-state index is 12.8. The van der Waals surface area contributed by atoms with Crippen LogP contribution in [0.1, 0.15) is 17.9 Å². The molecule has 0 saturated carbocycles. The Balaban J connectivity index is 1.85. The van der Waals surface area contributed by atoms with Crippen LogP contribution in [0.3, 0.4) is 0 Å². The van der Waals surface area contributed by atoms with Crippen LogP contribution < -0.4 is 16.2 Å². The van der Waals surface area contributed by atoms with Crippen LogP contribution in [0, 0.1) is 0 Å². The first-order valence-corrected chi connectivity index (χ1v) is 8.64. The van der Waals surface area contributed by atoms with E-state index in [9.17, 15) is 9.59 Å². The number of nitrogens with zero attached hydrogens (tertiary/aromatic N) is 1. The second kappa shape index (κ2) is 8.12. The van der Waals surface area contributed by atoms with Crippen LogP contribution in [0.5, 0.6) is 0 Å². The zero-order chi connectivity index (χ0) is 18.5. The van der Waals surface area contributed by atoms with E-state index in [1.54, 1.807) is 30.3 Å². The summed E-state index contributed by atoms with van der Waals surface area (Å²) in [4.78, 5) is 31.3. The van der Waals surface area contributed by atoms with Crippen molar-refractivity contribution in [2.75, 3.05) is 18.9 Å². The zero-order valence-electron chi connectivity index (χ0n) is 14.3. The first kappa shape index (κ1) is 18.1. The smallest absolute Gasteiger partial charge is 0.258 e. The lowest BCUT2D eigenvalue weighted by Gasteiger charge is -2.17. The lowest BCUT2D eigenvalue weighted by molar-refractivity contribution is -0.117. The average Bonchev–Trinajstić information content (AvgIpc) is 2.63. The Bertz CT molecular complexity index is 969. The Morgan fingerprint density at radius 2 is 2.00 bits per heavy atom. The third-order valence-electron chi connectivity index (χ3n) is 4.18. The highest BCUT2D eigenvalue weighted by Gasteiger charge is 2.20. The average molecular weight is 371 g/mol. The van der Waals surface area contributed by atoms with E-state index in [1.165, 1.54) is 6.33 Å². The molecule has 0 aliphatic rings. The molecule has 0 aliphatic carbocycles. The van der Waals surface area contributed by atoms with E-state index in [1.807, 2.05) is 19.2 Å². The molecule has 0 bridgehead atoms. The van der Waals surface area contributed by atoms with Crippen molar-refractivity contribution in [3.05, 3.63) is 69.7 Å².